The zero-order chi connectivity index (χ0) is 20.9. The molecule has 0 radical (unpaired) electrons. The Hall–Kier alpha value is -3.04. The van der Waals surface area contributed by atoms with Gasteiger partial charge in [-0.1, -0.05) is 24.3 Å². The van der Waals surface area contributed by atoms with Crippen LogP contribution in [0.15, 0.2) is 66.1 Å². The molecule has 0 saturated carbocycles. The Morgan fingerprint density at radius 3 is 2.54 bits per heavy atom. The van der Waals surface area contributed by atoms with Crippen LogP contribution in [0.3, 0.4) is 0 Å². The molecule has 0 aliphatic carbocycles. The van der Waals surface area contributed by atoms with E-state index in [1.807, 2.05) is 0 Å². The van der Waals surface area contributed by atoms with E-state index in [9.17, 15) is 22.4 Å². The van der Waals surface area contributed by atoms with Crippen LogP contribution in [0.1, 0.15) is 22.0 Å². The predicted octanol–water partition coefficient (Wildman–Crippen LogP) is 1.59. The van der Waals surface area contributed by atoms with E-state index >= 15 is 0 Å². The number of sulfonamides is 1. The van der Waals surface area contributed by atoms with Crippen LogP contribution >= 0.6 is 0 Å². The topological polar surface area (TPSA) is 110 Å². The summed E-state index contributed by atoms with van der Waals surface area (Å²) >= 11 is 0. The molecule has 0 aliphatic heterocycles. The molecule has 28 heavy (non-hydrogen) atoms. The van der Waals surface area contributed by atoms with Gasteiger partial charge in [0.25, 0.3) is 5.91 Å². The SMILES string of the molecule is C=CCNC(=O)c1cccc(S(=O)(=O)N(C)C(C(N)=O)c2cccc(F)c2)c1. The Balaban J connectivity index is 2.43. The smallest absolute Gasteiger partial charge is 0.251 e. The number of nitrogens with zero attached hydrogens (tertiary/aromatic N) is 1. The average molecular weight is 405 g/mol. The summed E-state index contributed by atoms with van der Waals surface area (Å²) < 4.78 is 40.3. The predicted molar refractivity (Wildman–Crippen MR) is 102 cm³/mol. The van der Waals surface area contributed by atoms with Crippen LogP contribution in [0.5, 0.6) is 0 Å². The maximum atomic E-state index is 13.5. The minimum absolute atomic E-state index is 0.0958. The van der Waals surface area contributed by atoms with Crippen molar-refractivity contribution in [3.05, 3.63) is 78.1 Å². The summed E-state index contributed by atoms with van der Waals surface area (Å²) in [5.74, 6) is -2.07. The van der Waals surface area contributed by atoms with E-state index in [0.717, 1.165) is 10.4 Å². The summed E-state index contributed by atoms with van der Waals surface area (Å²) in [6.07, 6.45) is 1.49. The van der Waals surface area contributed by atoms with Crippen molar-refractivity contribution in [2.45, 2.75) is 10.9 Å². The van der Waals surface area contributed by atoms with E-state index in [0.29, 0.717) is 0 Å². The molecule has 2 aromatic carbocycles. The van der Waals surface area contributed by atoms with Gasteiger partial charge in [-0.2, -0.15) is 4.31 Å². The minimum atomic E-state index is -4.21. The van der Waals surface area contributed by atoms with Crippen LogP contribution in [-0.2, 0) is 14.8 Å². The second-order valence-electron chi connectivity index (χ2n) is 5.91. The molecule has 0 bridgehead atoms. The molecule has 0 saturated heterocycles. The molecule has 0 aromatic heterocycles. The van der Waals surface area contributed by atoms with Crippen LogP contribution in [0.4, 0.5) is 4.39 Å². The van der Waals surface area contributed by atoms with Gasteiger partial charge in [0.15, 0.2) is 0 Å². The molecule has 2 amide bonds. The van der Waals surface area contributed by atoms with Crippen molar-refractivity contribution < 1.29 is 22.4 Å². The first-order valence-corrected chi connectivity index (χ1v) is 9.64. The fraction of sp³-hybridized carbons (Fsp3) is 0.158. The van der Waals surface area contributed by atoms with E-state index in [2.05, 4.69) is 11.9 Å². The van der Waals surface area contributed by atoms with Crippen LogP contribution in [0, 0.1) is 5.82 Å². The highest BCUT2D eigenvalue weighted by Crippen LogP contribution is 2.27. The van der Waals surface area contributed by atoms with Gasteiger partial charge >= 0.3 is 0 Å². The number of likely N-dealkylation sites (N-methyl/N-ethyl adjacent to an activating group) is 1. The zero-order valence-electron chi connectivity index (χ0n) is 15.1. The second kappa shape index (κ2) is 8.77. The normalized spacial score (nSPS) is 12.4. The van der Waals surface area contributed by atoms with Crippen molar-refractivity contribution in [3.63, 3.8) is 0 Å². The summed E-state index contributed by atoms with van der Waals surface area (Å²) in [6, 6.07) is 8.89. The third-order valence-electron chi connectivity index (χ3n) is 3.98. The van der Waals surface area contributed by atoms with Crippen LogP contribution in [0.25, 0.3) is 0 Å². The first-order chi connectivity index (χ1) is 13.2. The Bertz CT molecular complexity index is 1010. The first kappa shape index (κ1) is 21.3. The van der Waals surface area contributed by atoms with E-state index in [1.165, 1.54) is 55.6 Å². The molecule has 2 rings (SSSR count). The van der Waals surface area contributed by atoms with Gasteiger partial charge in [0.05, 0.1) is 4.90 Å². The monoisotopic (exact) mass is 405 g/mol. The minimum Gasteiger partial charge on any atom is -0.368 e. The Morgan fingerprint density at radius 1 is 1.25 bits per heavy atom. The van der Waals surface area contributed by atoms with E-state index in [-0.39, 0.29) is 22.6 Å². The Kier molecular flexibility index (Phi) is 6.66. The van der Waals surface area contributed by atoms with Crippen LogP contribution in [0.2, 0.25) is 0 Å². The van der Waals surface area contributed by atoms with Gasteiger partial charge in [0.1, 0.15) is 11.9 Å². The number of hydrogen-bond donors (Lipinski definition) is 2. The summed E-state index contributed by atoms with van der Waals surface area (Å²) in [7, 11) is -3.04. The van der Waals surface area contributed by atoms with Gasteiger partial charge in [0.2, 0.25) is 15.9 Å². The third-order valence-corrected chi connectivity index (χ3v) is 5.80. The van der Waals surface area contributed by atoms with Crippen molar-refractivity contribution >= 4 is 21.8 Å². The fourth-order valence-electron chi connectivity index (χ4n) is 2.60. The van der Waals surface area contributed by atoms with Gasteiger partial charge in [-0.25, -0.2) is 12.8 Å². The highest BCUT2D eigenvalue weighted by Gasteiger charge is 2.33. The zero-order valence-corrected chi connectivity index (χ0v) is 15.9. The molecule has 148 valence electrons. The number of halogens is 1. The van der Waals surface area contributed by atoms with Crippen LogP contribution < -0.4 is 11.1 Å². The molecular formula is C19H20FN3O4S. The van der Waals surface area contributed by atoms with Crippen molar-refractivity contribution in [2.24, 2.45) is 5.73 Å². The molecule has 0 spiro atoms. The van der Waals surface area contributed by atoms with E-state index < -0.39 is 33.7 Å². The summed E-state index contributed by atoms with van der Waals surface area (Å²) in [6.45, 7) is 3.71. The summed E-state index contributed by atoms with van der Waals surface area (Å²) in [4.78, 5) is 23.8. The fourth-order valence-corrected chi connectivity index (χ4v) is 3.96. The summed E-state index contributed by atoms with van der Waals surface area (Å²) in [5.41, 5.74) is 5.61. The van der Waals surface area contributed by atoms with Crippen molar-refractivity contribution in [1.29, 1.82) is 0 Å². The number of carbonyl (C=O) groups excluding carboxylic acids is 2. The lowest BCUT2D eigenvalue weighted by molar-refractivity contribution is -0.121. The van der Waals surface area contributed by atoms with Gasteiger partial charge < -0.3 is 11.1 Å². The Morgan fingerprint density at radius 2 is 1.93 bits per heavy atom. The Labute approximate surface area is 162 Å². The maximum Gasteiger partial charge on any atom is 0.251 e. The lowest BCUT2D eigenvalue weighted by atomic mass is 10.1. The quantitative estimate of drug-likeness (QED) is 0.650. The molecule has 7 nitrogen and oxygen atoms in total. The van der Waals surface area contributed by atoms with Crippen molar-refractivity contribution in [3.8, 4) is 0 Å². The molecule has 9 heteroatoms. The molecule has 2 aromatic rings. The van der Waals surface area contributed by atoms with E-state index in [4.69, 9.17) is 5.73 Å². The molecule has 0 fully saturated rings. The lowest BCUT2D eigenvalue weighted by Crippen LogP contribution is -2.39. The first-order valence-electron chi connectivity index (χ1n) is 8.20. The van der Waals surface area contributed by atoms with E-state index in [1.54, 1.807) is 0 Å². The molecule has 3 N–H and O–H groups in total. The standard InChI is InChI=1S/C19H20FN3O4S/c1-3-10-22-19(25)14-7-5-9-16(12-14)28(26,27)23(2)17(18(21)24)13-6-4-8-15(20)11-13/h3-9,11-12,17H,1,10H2,2H3,(H2,21,24)(H,22,25). The van der Waals surface area contributed by atoms with Crippen LogP contribution in [-0.4, -0.2) is 38.1 Å². The highest BCUT2D eigenvalue weighted by molar-refractivity contribution is 7.89. The number of rotatable bonds is 8. The van der Waals surface area contributed by atoms with Gasteiger partial charge in [0, 0.05) is 19.2 Å². The number of nitrogens with two attached hydrogens (primary N) is 1. The number of carbonyl (C=O) groups is 2. The average Bonchev–Trinajstić information content (AvgIpc) is 2.66. The number of benzene rings is 2. The highest BCUT2D eigenvalue weighted by atomic mass is 32.2. The second-order valence-corrected chi connectivity index (χ2v) is 7.91. The number of primary amides is 1. The van der Waals surface area contributed by atoms with Crippen molar-refractivity contribution in [2.75, 3.05) is 13.6 Å². The van der Waals surface area contributed by atoms with Gasteiger partial charge in [-0.15, -0.1) is 6.58 Å². The lowest BCUT2D eigenvalue weighted by Gasteiger charge is -2.25. The van der Waals surface area contributed by atoms with Crippen molar-refractivity contribution in [1.82, 2.24) is 9.62 Å². The van der Waals surface area contributed by atoms with Gasteiger partial charge in [-0.05, 0) is 35.9 Å². The summed E-state index contributed by atoms with van der Waals surface area (Å²) in [5, 5.41) is 2.55. The number of nitrogens with one attached hydrogen (secondary N) is 1. The maximum absolute atomic E-state index is 13.5. The largest absolute Gasteiger partial charge is 0.368 e. The molecule has 0 heterocycles. The third kappa shape index (κ3) is 4.62. The number of hydrogen-bond acceptors (Lipinski definition) is 4. The van der Waals surface area contributed by atoms with Gasteiger partial charge in [-0.3, -0.25) is 9.59 Å². The molecule has 1 unspecified atom stereocenters. The molecular weight excluding hydrogens is 385 g/mol. The molecule has 0 aliphatic rings. The number of amides is 2. The molecule has 1 atom stereocenters.